The van der Waals surface area contributed by atoms with Crippen LogP contribution in [0.2, 0.25) is 0 Å². The van der Waals surface area contributed by atoms with Gasteiger partial charge < -0.3 is 0 Å². The molecule has 0 bridgehead atoms. The smallest absolute Gasteiger partial charge is 0.207 e. The number of hydrogen-bond acceptors (Lipinski definition) is 1. The lowest BCUT2D eigenvalue weighted by Gasteiger charge is -2.09. The second kappa shape index (κ2) is 3.73. The second-order valence-electron chi connectivity index (χ2n) is 2.42. The maximum absolute atomic E-state index is 12.7. The molecule has 0 unspecified atom stereocenters. The highest BCUT2D eigenvalue weighted by Crippen LogP contribution is 2.34. The topological polar surface area (TPSA) is 23.8 Å². The molecule has 74 valence electrons. The molecule has 0 aliphatic rings. The first-order chi connectivity index (χ1) is 6.36. The quantitative estimate of drug-likeness (QED) is 0.532. The molecule has 0 amide bonds. The zero-order valence-corrected chi connectivity index (χ0v) is 8.65. The maximum Gasteiger partial charge on any atom is 0.417 e. The van der Waals surface area contributed by atoms with Crippen LogP contribution in [0.3, 0.4) is 0 Å². The monoisotopic (exact) mass is 315 g/mol. The van der Waals surface area contributed by atoms with Gasteiger partial charge in [0.05, 0.1) is 11.1 Å². The summed E-state index contributed by atoms with van der Waals surface area (Å²) < 4.78 is 49.4. The van der Waals surface area contributed by atoms with Crippen LogP contribution in [0, 0.1) is 20.7 Å². The van der Waals surface area contributed by atoms with Gasteiger partial charge in [-0.05, 0) is 34.7 Å². The lowest BCUT2D eigenvalue weighted by Crippen LogP contribution is -2.09. The molecule has 0 spiro atoms. The molecule has 1 aromatic carbocycles. The van der Waals surface area contributed by atoms with Crippen LogP contribution in [-0.4, -0.2) is 0 Å². The standard InChI is InChI=1S/C8H2F4IN/c9-4-1-6(8(10,11)12)5(3-14)7(13)2-4/h1-2H. The zero-order valence-electron chi connectivity index (χ0n) is 6.49. The fourth-order valence-electron chi connectivity index (χ4n) is 0.911. The number of rotatable bonds is 0. The van der Waals surface area contributed by atoms with E-state index in [9.17, 15) is 17.6 Å². The predicted octanol–water partition coefficient (Wildman–Crippen LogP) is 3.32. The van der Waals surface area contributed by atoms with Crippen molar-refractivity contribution in [1.29, 1.82) is 5.26 Å². The maximum atomic E-state index is 12.7. The third-order valence-electron chi connectivity index (χ3n) is 1.47. The van der Waals surface area contributed by atoms with E-state index in [1.165, 1.54) is 28.7 Å². The van der Waals surface area contributed by atoms with Crippen LogP contribution in [0.1, 0.15) is 11.1 Å². The Morgan fingerprint density at radius 2 is 1.86 bits per heavy atom. The number of benzene rings is 1. The van der Waals surface area contributed by atoms with Crippen molar-refractivity contribution in [1.82, 2.24) is 0 Å². The van der Waals surface area contributed by atoms with E-state index in [-0.39, 0.29) is 3.57 Å². The van der Waals surface area contributed by atoms with Crippen LogP contribution in [0.5, 0.6) is 0 Å². The summed E-state index contributed by atoms with van der Waals surface area (Å²) >= 11 is 1.49. The average molecular weight is 315 g/mol. The Morgan fingerprint density at radius 3 is 2.29 bits per heavy atom. The molecular formula is C8H2F4IN. The molecule has 0 atom stereocenters. The van der Waals surface area contributed by atoms with Gasteiger partial charge in [-0.3, -0.25) is 0 Å². The Balaban J connectivity index is 3.50. The number of nitriles is 1. The highest BCUT2D eigenvalue weighted by molar-refractivity contribution is 14.1. The minimum atomic E-state index is -4.70. The van der Waals surface area contributed by atoms with Crippen LogP contribution in [0.4, 0.5) is 17.6 Å². The van der Waals surface area contributed by atoms with Crippen LogP contribution in [0.25, 0.3) is 0 Å². The molecule has 0 saturated carbocycles. The highest BCUT2D eigenvalue weighted by Gasteiger charge is 2.35. The predicted molar refractivity (Wildman–Crippen MR) is 48.8 cm³/mol. The van der Waals surface area contributed by atoms with E-state index in [1.54, 1.807) is 0 Å². The minimum Gasteiger partial charge on any atom is -0.207 e. The van der Waals surface area contributed by atoms with Gasteiger partial charge in [-0.15, -0.1) is 0 Å². The number of alkyl halides is 3. The van der Waals surface area contributed by atoms with Crippen LogP contribution < -0.4 is 0 Å². The van der Waals surface area contributed by atoms with Gasteiger partial charge in [0.15, 0.2) is 0 Å². The van der Waals surface area contributed by atoms with Gasteiger partial charge in [-0.1, -0.05) is 0 Å². The number of halogens is 5. The summed E-state index contributed by atoms with van der Waals surface area (Å²) in [5, 5.41) is 8.48. The Bertz CT molecular complexity index is 405. The molecular weight excluding hydrogens is 313 g/mol. The van der Waals surface area contributed by atoms with E-state index in [2.05, 4.69) is 0 Å². The van der Waals surface area contributed by atoms with Gasteiger partial charge in [0.2, 0.25) is 0 Å². The van der Waals surface area contributed by atoms with Crippen molar-refractivity contribution in [2.24, 2.45) is 0 Å². The van der Waals surface area contributed by atoms with E-state index >= 15 is 0 Å². The Morgan fingerprint density at radius 1 is 1.29 bits per heavy atom. The van der Waals surface area contributed by atoms with E-state index in [0.29, 0.717) is 6.07 Å². The van der Waals surface area contributed by atoms with E-state index in [4.69, 9.17) is 5.26 Å². The summed E-state index contributed by atoms with van der Waals surface area (Å²) in [6.07, 6.45) is -4.70. The first kappa shape index (κ1) is 11.2. The Labute approximate surface area is 90.5 Å². The van der Waals surface area contributed by atoms with E-state index < -0.39 is 23.1 Å². The molecule has 0 N–H and O–H groups in total. The second-order valence-corrected chi connectivity index (χ2v) is 3.58. The molecule has 1 aromatic rings. The van der Waals surface area contributed by atoms with Gasteiger partial charge in [0, 0.05) is 3.57 Å². The molecule has 1 rings (SSSR count). The summed E-state index contributed by atoms with van der Waals surface area (Å²) in [7, 11) is 0. The molecule has 0 fully saturated rings. The molecule has 14 heavy (non-hydrogen) atoms. The molecule has 0 heterocycles. The number of nitrogens with zero attached hydrogens (tertiary/aromatic N) is 1. The first-order valence-corrected chi connectivity index (χ1v) is 4.40. The SMILES string of the molecule is N#Cc1c(I)cc(F)cc1C(F)(F)F. The zero-order chi connectivity index (χ0) is 10.9. The van der Waals surface area contributed by atoms with Crippen LogP contribution in [-0.2, 0) is 6.18 Å². The third-order valence-corrected chi connectivity index (χ3v) is 2.32. The van der Waals surface area contributed by atoms with Crippen molar-refractivity contribution < 1.29 is 17.6 Å². The van der Waals surface area contributed by atoms with Gasteiger partial charge >= 0.3 is 6.18 Å². The molecule has 6 heteroatoms. The van der Waals surface area contributed by atoms with E-state index in [0.717, 1.165) is 6.07 Å². The van der Waals surface area contributed by atoms with Crippen LogP contribution >= 0.6 is 22.6 Å². The summed E-state index contributed by atoms with van der Waals surface area (Å²) in [4.78, 5) is 0. The van der Waals surface area contributed by atoms with Gasteiger partial charge in [0.1, 0.15) is 11.9 Å². The normalized spacial score (nSPS) is 11.1. The molecule has 0 radical (unpaired) electrons. The summed E-state index contributed by atoms with van der Waals surface area (Å²) in [5.74, 6) is -0.999. The molecule has 0 aliphatic carbocycles. The largest absolute Gasteiger partial charge is 0.417 e. The lowest BCUT2D eigenvalue weighted by atomic mass is 10.1. The van der Waals surface area contributed by atoms with Crippen molar-refractivity contribution in [2.45, 2.75) is 6.18 Å². The molecule has 0 saturated heterocycles. The summed E-state index contributed by atoms with van der Waals surface area (Å²) in [6.45, 7) is 0. The van der Waals surface area contributed by atoms with Crippen molar-refractivity contribution in [3.63, 3.8) is 0 Å². The summed E-state index contributed by atoms with van der Waals surface area (Å²) in [5.41, 5.74) is -1.77. The van der Waals surface area contributed by atoms with Crippen molar-refractivity contribution in [2.75, 3.05) is 0 Å². The third kappa shape index (κ3) is 2.15. The van der Waals surface area contributed by atoms with Crippen molar-refractivity contribution >= 4 is 22.6 Å². The first-order valence-electron chi connectivity index (χ1n) is 3.32. The molecule has 1 nitrogen and oxygen atoms in total. The van der Waals surface area contributed by atoms with Crippen molar-refractivity contribution in [3.8, 4) is 6.07 Å². The highest BCUT2D eigenvalue weighted by atomic mass is 127. The summed E-state index contributed by atoms with van der Waals surface area (Å²) in [6, 6.07) is 2.61. The molecule has 0 aromatic heterocycles. The average Bonchev–Trinajstić information content (AvgIpc) is 2.01. The van der Waals surface area contributed by atoms with Crippen molar-refractivity contribution in [3.05, 3.63) is 32.6 Å². The minimum absolute atomic E-state index is 0.0441. The van der Waals surface area contributed by atoms with Gasteiger partial charge in [-0.2, -0.15) is 18.4 Å². The van der Waals surface area contributed by atoms with Crippen LogP contribution in [0.15, 0.2) is 12.1 Å². The fraction of sp³-hybridized carbons (Fsp3) is 0.125. The molecule has 0 aliphatic heterocycles. The van der Waals surface area contributed by atoms with Gasteiger partial charge in [-0.25, -0.2) is 4.39 Å². The van der Waals surface area contributed by atoms with Gasteiger partial charge in [0.25, 0.3) is 0 Å². The Hall–Kier alpha value is -0.840. The lowest BCUT2D eigenvalue weighted by molar-refractivity contribution is -0.138. The number of hydrogen-bond donors (Lipinski definition) is 0. The van der Waals surface area contributed by atoms with E-state index in [1.807, 2.05) is 0 Å². The fourth-order valence-corrected chi connectivity index (χ4v) is 1.62. The Kier molecular flexibility index (Phi) is 2.99.